The van der Waals surface area contributed by atoms with Crippen molar-refractivity contribution in [2.24, 2.45) is 0 Å². The minimum Gasteiger partial charge on any atom is -0.445 e. The molecule has 0 aromatic rings. The maximum absolute atomic E-state index is 10.9. The molecule has 0 fully saturated rings. The number of hydrogen-bond acceptors (Lipinski definition) is 3. The van der Waals surface area contributed by atoms with Crippen LogP contribution >= 0.6 is 0 Å². The van der Waals surface area contributed by atoms with E-state index in [1.807, 2.05) is 12.2 Å². The van der Waals surface area contributed by atoms with Gasteiger partial charge in [-0.25, -0.2) is 0 Å². The molecule has 0 aromatic carbocycles. The first-order chi connectivity index (χ1) is 17.1. The minimum absolute atomic E-state index is 0.359. The lowest BCUT2D eigenvalue weighted by Crippen LogP contribution is -2.10. The minimum atomic E-state index is -0.752. The maximum Gasteiger partial charge on any atom is 0.304 e. The van der Waals surface area contributed by atoms with Gasteiger partial charge < -0.3 is 9.84 Å². The molecule has 0 rings (SSSR count). The van der Waals surface area contributed by atoms with Crippen LogP contribution in [0.25, 0.3) is 0 Å². The predicted octanol–water partition coefficient (Wildman–Crippen LogP) is 6.68. The third-order valence-corrected chi connectivity index (χ3v) is 4.96. The van der Waals surface area contributed by atoms with Gasteiger partial charge in [-0.05, 0) is 50.7 Å². The fraction of sp³-hybridized carbons (Fsp3) is 0.531. The molecule has 0 bridgehead atoms. The zero-order valence-corrected chi connectivity index (χ0v) is 21.4. The molecule has 0 saturated carbocycles. The number of rotatable bonds is 17. The van der Waals surface area contributed by atoms with Gasteiger partial charge in [-0.1, -0.05) is 73.7 Å². The zero-order valence-electron chi connectivity index (χ0n) is 21.4. The zero-order chi connectivity index (χ0) is 25.8. The highest BCUT2D eigenvalue weighted by Crippen LogP contribution is 2.07. The van der Waals surface area contributed by atoms with Crippen LogP contribution in [0.15, 0.2) is 36.5 Å². The molecule has 0 radical (unpaired) electrons. The third-order valence-electron chi connectivity index (χ3n) is 4.96. The van der Waals surface area contributed by atoms with E-state index in [1.54, 1.807) is 12.2 Å². The summed E-state index contributed by atoms with van der Waals surface area (Å²) in [4.78, 5) is 10.9. The molecule has 3 nitrogen and oxygen atoms in total. The van der Waals surface area contributed by atoms with Crippen molar-refractivity contribution in [1.29, 1.82) is 0 Å². The fourth-order valence-corrected chi connectivity index (χ4v) is 3.07. The largest absolute Gasteiger partial charge is 0.445 e. The summed E-state index contributed by atoms with van der Waals surface area (Å²) in [7, 11) is 0. The Morgan fingerprint density at radius 2 is 1.26 bits per heavy atom. The quantitative estimate of drug-likeness (QED) is 0.111. The summed E-state index contributed by atoms with van der Waals surface area (Å²) in [5.74, 6) is 17.2. The normalized spacial score (nSPS) is 12.3. The van der Waals surface area contributed by atoms with Crippen LogP contribution in [-0.4, -0.2) is 23.3 Å². The van der Waals surface area contributed by atoms with E-state index in [2.05, 4.69) is 47.7 Å². The lowest BCUT2D eigenvalue weighted by molar-refractivity contribution is -0.142. The molecule has 0 aliphatic rings. The average Bonchev–Trinajstić information content (AvgIpc) is 2.85. The molecule has 0 aromatic heterocycles. The Morgan fingerprint density at radius 1 is 0.743 bits per heavy atom. The van der Waals surface area contributed by atoms with Crippen LogP contribution in [0.4, 0.5) is 0 Å². The molecular formula is C32H42O3. The number of terminal acetylenes is 2. The molecule has 2 atom stereocenters. The Kier molecular flexibility index (Phi) is 23.2. The van der Waals surface area contributed by atoms with Gasteiger partial charge in [0.25, 0.3) is 0 Å². The van der Waals surface area contributed by atoms with Crippen molar-refractivity contribution in [3.05, 3.63) is 36.5 Å². The first kappa shape index (κ1) is 31.9. The van der Waals surface area contributed by atoms with Gasteiger partial charge >= 0.3 is 5.97 Å². The summed E-state index contributed by atoms with van der Waals surface area (Å²) in [6, 6.07) is 0. The number of esters is 1. The van der Waals surface area contributed by atoms with E-state index in [0.29, 0.717) is 0 Å². The summed E-state index contributed by atoms with van der Waals surface area (Å²) in [5.41, 5.74) is 0. The van der Waals surface area contributed by atoms with Crippen molar-refractivity contribution in [3.63, 3.8) is 0 Å². The number of hydrogen-bond donors (Lipinski definition) is 1. The molecule has 188 valence electrons. The Morgan fingerprint density at radius 3 is 1.74 bits per heavy atom. The van der Waals surface area contributed by atoms with Crippen molar-refractivity contribution in [1.82, 2.24) is 0 Å². The summed E-state index contributed by atoms with van der Waals surface area (Å²) in [5, 5.41) is 9.20. The molecule has 0 saturated heterocycles. The van der Waals surface area contributed by atoms with Crippen molar-refractivity contribution >= 4 is 5.97 Å². The van der Waals surface area contributed by atoms with Gasteiger partial charge in [-0.3, -0.25) is 4.79 Å². The van der Waals surface area contributed by atoms with Gasteiger partial charge in [0.1, 0.15) is 6.10 Å². The summed E-state index contributed by atoms with van der Waals surface area (Å²) < 4.78 is 4.96. The van der Waals surface area contributed by atoms with E-state index in [9.17, 15) is 9.90 Å². The highest BCUT2D eigenvalue weighted by Gasteiger charge is 2.02. The standard InChI is InChI=1S/C32H42O3/c1-4-31(34)28-26-24-22-20-18-16-14-12-10-8-6-7-9-11-13-15-17-19-21-23-25-27-29-32(5-2)35-30(3)33/h1-2,6-7,26-29,31-32,34H,8-9,14-25H2,3H3/b7-6-,28-26+,29-27+/t31-,32+/m0/s1. The smallest absolute Gasteiger partial charge is 0.304 e. The molecule has 3 heteroatoms. The Labute approximate surface area is 214 Å². The fourth-order valence-electron chi connectivity index (χ4n) is 3.07. The lowest BCUT2D eigenvalue weighted by Gasteiger charge is -2.04. The van der Waals surface area contributed by atoms with Crippen LogP contribution in [-0.2, 0) is 9.53 Å². The van der Waals surface area contributed by atoms with Crippen molar-refractivity contribution in [3.8, 4) is 48.4 Å². The Bertz CT molecular complexity index is 840. The van der Waals surface area contributed by atoms with Gasteiger partial charge in [-0.15, -0.1) is 24.7 Å². The topological polar surface area (TPSA) is 46.5 Å². The molecular weight excluding hydrogens is 432 g/mol. The van der Waals surface area contributed by atoms with Crippen molar-refractivity contribution in [2.75, 3.05) is 0 Å². The summed E-state index contributed by atoms with van der Waals surface area (Å²) in [6.45, 7) is 1.36. The number of allylic oxidation sites excluding steroid dienone is 4. The number of aliphatic hydroxyl groups excluding tert-OH is 1. The monoisotopic (exact) mass is 474 g/mol. The molecule has 0 amide bonds. The molecule has 35 heavy (non-hydrogen) atoms. The highest BCUT2D eigenvalue weighted by molar-refractivity contribution is 5.66. The lowest BCUT2D eigenvalue weighted by atomic mass is 10.1. The van der Waals surface area contributed by atoms with E-state index in [4.69, 9.17) is 17.6 Å². The first-order valence-corrected chi connectivity index (χ1v) is 12.8. The molecule has 0 aliphatic heterocycles. The van der Waals surface area contributed by atoms with Crippen LogP contribution in [0.2, 0.25) is 0 Å². The van der Waals surface area contributed by atoms with Gasteiger partial charge in [-0.2, -0.15) is 0 Å². The SMILES string of the molecule is C#C[C@H](/C=C/CCCCCCC#CC/C=C\CC#CCCCCCC/C=C/[C@@H](O)C#C)OC(C)=O. The van der Waals surface area contributed by atoms with Gasteiger partial charge in [0, 0.05) is 32.6 Å². The van der Waals surface area contributed by atoms with Gasteiger partial charge in [0.2, 0.25) is 0 Å². The molecule has 0 heterocycles. The maximum atomic E-state index is 10.9. The molecule has 1 N–H and O–H groups in total. The molecule has 0 spiro atoms. The number of carbonyl (C=O) groups is 1. The van der Waals surface area contributed by atoms with E-state index in [0.717, 1.165) is 70.6 Å². The Balaban J connectivity index is 3.54. The van der Waals surface area contributed by atoms with Crippen LogP contribution < -0.4 is 0 Å². The second kappa shape index (κ2) is 25.5. The van der Waals surface area contributed by atoms with Crippen molar-refractivity contribution < 1.29 is 14.6 Å². The number of aliphatic hydroxyl groups is 1. The van der Waals surface area contributed by atoms with E-state index in [-0.39, 0.29) is 5.97 Å². The van der Waals surface area contributed by atoms with Gasteiger partial charge in [0.05, 0.1) is 0 Å². The van der Waals surface area contributed by atoms with Crippen LogP contribution in [0.3, 0.4) is 0 Å². The molecule has 0 unspecified atom stereocenters. The van der Waals surface area contributed by atoms with Crippen LogP contribution in [0.5, 0.6) is 0 Å². The summed E-state index contributed by atoms with van der Waals surface area (Å²) in [6.07, 6.45) is 35.2. The number of unbranched alkanes of at least 4 members (excludes halogenated alkanes) is 10. The van der Waals surface area contributed by atoms with E-state index in [1.165, 1.54) is 26.2 Å². The highest BCUT2D eigenvalue weighted by atomic mass is 16.5. The van der Waals surface area contributed by atoms with Crippen LogP contribution in [0, 0.1) is 48.4 Å². The van der Waals surface area contributed by atoms with Crippen molar-refractivity contribution in [2.45, 2.75) is 109 Å². The number of carbonyl (C=O) groups excluding carboxylic acids is 1. The van der Waals surface area contributed by atoms with E-state index >= 15 is 0 Å². The average molecular weight is 475 g/mol. The predicted molar refractivity (Wildman–Crippen MR) is 147 cm³/mol. The van der Waals surface area contributed by atoms with Crippen LogP contribution in [0.1, 0.15) is 96.8 Å². The van der Waals surface area contributed by atoms with E-state index < -0.39 is 12.2 Å². The second-order valence-corrected chi connectivity index (χ2v) is 8.16. The Hall–Kier alpha value is -3.11. The second-order valence-electron chi connectivity index (χ2n) is 8.16. The third kappa shape index (κ3) is 25.4. The van der Waals surface area contributed by atoms with Gasteiger partial charge in [0.15, 0.2) is 6.10 Å². The summed E-state index contributed by atoms with van der Waals surface area (Å²) >= 11 is 0. The first-order valence-electron chi connectivity index (χ1n) is 12.8. The molecule has 0 aliphatic carbocycles. The number of ether oxygens (including phenoxy) is 1.